The Morgan fingerprint density at radius 1 is 1.20 bits per heavy atom. The van der Waals surface area contributed by atoms with Crippen molar-refractivity contribution in [1.29, 1.82) is 0 Å². The van der Waals surface area contributed by atoms with Gasteiger partial charge in [0.1, 0.15) is 0 Å². The van der Waals surface area contributed by atoms with Crippen LogP contribution in [0.4, 0.5) is 0 Å². The van der Waals surface area contributed by atoms with Crippen molar-refractivity contribution in [2.75, 3.05) is 32.8 Å². The molecule has 6 nitrogen and oxygen atoms in total. The molecule has 0 radical (unpaired) electrons. The maximum atomic E-state index is 12.8. The van der Waals surface area contributed by atoms with Gasteiger partial charge in [-0.2, -0.15) is 17.0 Å². The average molecular weight is 306 g/mol. The molecular weight excluding hydrogens is 280 g/mol. The molecule has 2 unspecified atom stereocenters. The van der Waals surface area contributed by atoms with Gasteiger partial charge in [0.2, 0.25) is 0 Å². The minimum absolute atomic E-state index is 0.0784. The maximum Gasteiger partial charge on any atom is 0.282 e. The molecule has 0 aromatic heterocycles. The largest absolute Gasteiger partial charge is 0.393 e. The lowest BCUT2D eigenvalue weighted by Crippen LogP contribution is -2.52. The summed E-state index contributed by atoms with van der Waals surface area (Å²) in [5.41, 5.74) is 0. The highest BCUT2D eigenvalue weighted by atomic mass is 32.2. The van der Waals surface area contributed by atoms with Gasteiger partial charge >= 0.3 is 0 Å². The molecule has 2 aliphatic rings. The summed E-state index contributed by atoms with van der Waals surface area (Å²) in [6.45, 7) is 4.09. The monoisotopic (exact) mass is 306 g/mol. The summed E-state index contributed by atoms with van der Waals surface area (Å²) >= 11 is 0. The fourth-order valence-corrected chi connectivity index (χ4v) is 4.84. The average Bonchev–Trinajstić information content (AvgIpc) is 2.65. The molecule has 2 fully saturated rings. The number of aliphatic hydroxyl groups excluding tert-OH is 1. The van der Waals surface area contributed by atoms with Crippen molar-refractivity contribution in [1.82, 2.24) is 8.61 Å². The molecule has 0 aliphatic carbocycles. The molecule has 7 heteroatoms. The van der Waals surface area contributed by atoms with Gasteiger partial charge in [0.15, 0.2) is 0 Å². The smallest absolute Gasteiger partial charge is 0.282 e. The van der Waals surface area contributed by atoms with Crippen molar-refractivity contribution in [2.45, 2.75) is 51.2 Å². The third kappa shape index (κ3) is 3.92. The first-order valence-electron chi connectivity index (χ1n) is 7.54. The molecule has 0 spiro atoms. The Morgan fingerprint density at radius 2 is 1.90 bits per heavy atom. The Bertz CT molecular complexity index is 393. The van der Waals surface area contributed by atoms with Gasteiger partial charge in [0, 0.05) is 25.7 Å². The number of rotatable bonds is 4. The maximum absolute atomic E-state index is 12.8. The number of ether oxygens (including phenoxy) is 1. The minimum atomic E-state index is -3.43. The molecular formula is C13H26N2O4S. The highest BCUT2D eigenvalue weighted by Crippen LogP contribution is 2.25. The second-order valence-electron chi connectivity index (χ2n) is 5.72. The van der Waals surface area contributed by atoms with E-state index >= 15 is 0 Å². The van der Waals surface area contributed by atoms with Crippen LogP contribution in [0.1, 0.15) is 39.0 Å². The quantitative estimate of drug-likeness (QED) is 0.825. The van der Waals surface area contributed by atoms with Crippen LogP contribution in [-0.2, 0) is 14.9 Å². The SMILES string of the molecule is CC(O)CC1CCCCCN1S(=O)(=O)N1CCOCC1. The minimum Gasteiger partial charge on any atom is -0.393 e. The molecule has 0 amide bonds. The Labute approximate surface area is 121 Å². The fraction of sp³-hybridized carbons (Fsp3) is 1.00. The number of hydrogen-bond acceptors (Lipinski definition) is 4. The van der Waals surface area contributed by atoms with Gasteiger partial charge in [-0.3, -0.25) is 0 Å². The van der Waals surface area contributed by atoms with Gasteiger partial charge in [0.05, 0.1) is 19.3 Å². The fourth-order valence-electron chi connectivity index (χ4n) is 3.01. The lowest BCUT2D eigenvalue weighted by atomic mass is 10.1. The lowest BCUT2D eigenvalue weighted by molar-refractivity contribution is 0.0680. The van der Waals surface area contributed by atoms with Crippen LogP contribution < -0.4 is 0 Å². The highest BCUT2D eigenvalue weighted by Gasteiger charge is 2.36. The van der Waals surface area contributed by atoms with Gasteiger partial charge in [0.25, 0.3) is 10.2 Å². The predicted molar refractivity (Wildman–Crippen MR) is 76.6 cm³/mol. The molecule has 20 heavy (non-hydrogen) atoms. The first-order chi connectivity index (χ1) is 9.51. The van der Waals surface area contributed by atoms with Crippen LogP contribution >= 0.6 is 0 Å². The van der Waals surface area contributed by atoms with E-state index < -0.39 is 16.3 Å². The van der Waals surface area contributed by atoms with E-state index in [9.17, 15) is 13.5 Å². The van der Waals surface area contributed by atoms with Crippen LogP contribution in [0.25, 0.3) is 0 Å². The third-order valence-electron chi connectivity index (χ3n) is 4.03. The van der Waals surface area contributed by atoms with Crippen LogP contribution in [0.3, 0.4) is 0 Å². The number of morpholine rings is 1. The standard InChI is InChI=1S/C13H26N2O4S/c1-12(16)11-13-5-3-2-4-6-15(13)20(17,18)14-7-9-19-10-8-14/h12-13,16H,2-11H2,1H3. The summed E-state index contributed by atoms with van der Waals surface area (Å²) in [6.07, 6.45) is 3.89. The summed E-state index contributed by atoms with van der Waals surface area (Å²) in [7, 11) is -3.43. The number of nitrogens with zero attached hydrogens (tertiary/aromatic N) is 2. The molecule has 2 aliphatic heterocycles. The third-order valence-corrected chi connectivity index (χ3v) is 6.12. The molecule has 1 N–H and O–H groups in total. The summed E-state index contributed by atoms with van der Waals surface area (Å²) in [6, 6.07) is -0.0784. The van der Waals surface area contributed by atoms with E-state index in [2.05, 4.69) is 0 Å². The van der Waals surface area contributed by atoms with Crippen LogP contribution in [0, 0.1) is 0 Å². The van der Waals surface area contributed by atoms with E-state index in [-0.39, 0.29) is 6.04 Å². The van der Waals surface area contributed by atoms with E-state index in [4.69, 9.17) is 4.74 Å². The first-order valence-corrected chi connectivity index (χ1v) is 8.94. The zero-order chi connectivity index (χ0) is 14.6. The molecule has 118 valence electrons. The normalized spacial score (nSPS) is 29.0. The molecule has 0 aromatic carbocycles. The Morgan fingerprint density at radius 3 is 2.55 bits per heavy atom. The topological polar surface area (TPSA) is 70.1 Å². The molecule has 2 rings (SSSR count). The van der Waals surface area contributed by atoms with Gasteiger partial charge in [-0.25, -0.2) is 0 Å². The van der Waals surface area contributed by atoms with Gasteiger partial charge in [-0.1, -0.05) is 12.8 Å². The predicted octanol–water partition coefficient (Wildman–Crippen LogP) is 0.579. The van der Waals surface area contributed by atoms with Crippen molar-refractivity contribution in [2.24, 2.45) is 0 Å². The van der Waals surface area contributed by atoms with Crippen molar-refractivity contribution in [3.8, 4) is 0 Å². The highest BCUT2D eigenvalue weighted by molar-refractivity contribution is 7.86. The molecule has 0 aromatic rings. The summed E-state index contributed by atoms with van der Waals surface area (Å²) in [4.78, 5) is 0. The van der Waals surface area contributed by atoms with E-state index in [1.165, 1.54) is 4.31 Å². The second kappa shape index (κ2) is 7.17. The summed E-state index contributed by atoms with van der Waals surface area (Å²) in [5.74, 6) is 0. The molecule has 0 saturated carbocycles. The van der Waals surface area contributed by atoms with Gasteiger partial charge < -0.3 is 9.84 Å². The summed E-state index contributed by atoms with van der Waals surface area (Å²) in [5, 5.41) is 9.64. The first kappa shape index (κ1) is 16.2. The van der Waals surface area contributed by atoms with Crippen molar-refractivity contribution < 1.29 is 18.3 Å². The van der Waals surface area contributed by atoms with E-state index in [0.717, 1.165) is 25.7 Å². The van der Waals surface area contributed by atoms with Gasteiger partial charge in [-0.15, -0.1) is 0 Å². The van der Waals surface area contributed by atoms with Crippen molar-refractivity contribution in [3.05, 3.63) is 0 Å². The summed E-state index contributed by atoms with van der Waals surface area (Å²) < 4.78 is 34.0. The Kier molecular flexibility index (Phi) is 5.80. The van der Waals surface area contributed by atoms with Crippen LogP contribution in [0.2, 0.25) is 0 Å². The number of aliphatic hydroxyl groups is 1. The van der Waals surface area contributed by atoms with Crippen molar-refractivity contribution >= 4 is 10.2 Å². The number of hydrogen-bond donors (Lipinski definition) is 1. The zero-order valence-corrected chi connectivity index (χ0v) is 13.0. The Hall–Kier alpha value is -0.210. The van der Waals surface area contributed by atoms with Gasteiger partial charge in [-0.05, 0) is 26.2 Å². The van der Waals surface area contributed by atoms with E-state index in [1.54, 1.807) is 11.2 Å². The van der Waals surface area contributed by atoms with E-state index in [0.29, 0.717) is 39.3 Å². The van der Waals surface area contributed by atoms with Crippen LogP contribution in [0.5, 0.6) is 0 Å². The zero-order valence-electron chi connectivity index (χ0n) is 12.2. The molecule has 0 bridgehead atoms. The second-order valence-corrected chi connectivity index (χ2v) is 7.60. The molecule has 2 heterocycles. The van der Waals surface area contributed by atoms with E-state index in [1.807, 2.05) is 0 Å². The Balaban J connectivity index is 2.15. The lowest BCUT2D eigenvalue weighted by Gasteiger charge is -2.36. The van der Waals surface area contributed by atoms with Crippen LogP contribution in [-0.4, -0.2) is 67.1 Å². The molecule has 2 atom stereocenters. The molecule has 2 saturated heterocycles. The van der Waals surface area contributed by atoms with Crippen LogP contribution in [0.15, 0.2) is 0 Å². The van der Waals surface area contributed by atoms with Crippen molar-refractivity contribution in [3.63, 3.8) is 0 Å².